The van der Waals surface area contributed by atoms with Gasteiger partial charge in [0.1, 0.15) is 17.3 Å². The molecular formula is C24H31N3O4S. The summed E-state index contributed by atoms with van der Waals surface area (Å²) < 4.78 is 11.1. The monoisotopic (exact) mass is 457 g/mol. The Labute approximate surface area is 192 Å². The summed E-state index contributed by atoms with van der Waals surface area (Å²) in [5.41, 5.74) is 0.389. The molecule has 1 aromatic carbocycles. The highest BCUT2D eigenvalue weighted by Gasteiger charge is 2.31. The first kappa shape index (κ1) is 22.6. The van der Waals surface area contributed by atoms with E-state index in [1.165, 1.54) is 11.3 Å². The molecule has 2 aliphatic rings. The van der Waals surface area contributed by atoms with Gasteiger partial charge in [-0.2, -0.15) is 0 Å². The normalized spacial score (nSPS) is 21.2. The van der Waals surface area contributed by atoms with E-state index in [4.69, 9.17) is 9.47 Å². The summed E-state index contributed by atoms with van der Waals surface area (Å²) >= 11 is 1.39. The van der Waals surface area contributed by atoms with Crippen LogP contribution < -0.4 is 20.1 Å². The van der Waals surface area contributed by atoms with Gasteiger partial charge in [-0.1, -0.05) is 37.8 Å². The quantitative estimate of drug-likeness (QED) is 0.624. The molecule has 2 atom stereocenters. The molecule has 4 rings (SSSR count). The van der Waals surface area contributed by atoms with Gasteiger partial charge in [-0.25, -0.2) is 4.98 Å². The number of nitrogens with one attached hydrogen (secondary N) is 2. The first-order valence-electron chi connectivity index (χ1n) is 11.5. The van der Waals surface area contributed by atoms with Gasteiger partial charge in [-0.3, -0.25) is 9.59 Å². The third-order valence-electron chi connectivity index (χ3n) is 6.34. The van der Waals surface area contributed by atoms with E-state index < -0.39 is 0 Å². The summed E-state index contributed by atoms with van der Waals surface area (Å²) in [6.45, 7) is 0.266. The third kappa shape index (κ3) is 5.59. The minimum absolute atomic E-state index is 0.00668. The van der Waals surface area contributed by atoms with Crippen LogP contribution >= 0.6 is 11.3 Å². The second-order valence-electron chi connectivity index (χ2n) is 8.53. The van der Waals surface area contributed by atoms with Gasteiger partial charge in [0.05, 0.1) is 7.11 Å². The maximum atomic E-state index is 12.8. The summed E-state index contributed by atoms with van der Waals surface area (Å²) in [5.74, 6) is 1.39. The Morgan fingerprint density at radius 2 is 1.66 bits per heavy atom. The highest BCUT2D eigenvalue weighted by molar-refractivity contribution is 7.09. The molecule has 7 nitrogen and oxygen atoms in total. The Balaban J connectivity index is 1.32. The SMILES string of the molecule is COc1ccccc1OCc1nc(C(=O)N[C@@H]2CCCC[C@H]2NC(=O)C2CCCC2)cs1. The molecule has 172 valence electrons. The summed E-state index contributed by atoms with van der Waals surface area (Å²) in [6, 6.07) is 7.37. The topological polar surface area (TPSA) is 89.6 Å². The standard InChI is InChI=1S/C24H31N3O4S/c1-30-20-12-6-7-13-21(20)31-14-22-25-19(15-32-22)24(29)27-18-11-5-4-10-17(18)26-23(28)16-8-2-3-9-16/h6-7,12-13,15-18H,2-5,8-11,14H2,1H3,(H,26,28)(H,27,29)/t17-,18-/m1/s1. The van der Waals surface area contributed by atoms with E-state index in [1.54, 1.807) is 12.5 Å². The predicted octanol–water partition coefficient (Wildman–Crippen LogP) is 4.08. The van der Waals surface area contributed by atoms with Crippen molar-refractivity contribution in [1.82, 2.24) is 15.6 Å². The number of carbonyl (C=O) groups is 2. The molecule has 2 fully saturated rings. The minimum atomic E-state index is -0.197. The lowest BCUT2D eigenvalue weighted by atomic mass is 9.89. The fourth-order valence-corrected chi connectivity index (χ4v) is 5.25. The lowest BCUT2D eigenvalue weighted by Gasteiger charge is -2.33. The van der Waals surface area contributed by atoms with Gasteiger partial charge in [0.25, 0.3) is 5.91 Å². The lowest BCUT2D eigenvalue weighted by Crippen LogP contribution is -2.54. The molecule has 0 unspecified atom stereocenters. The summed E-state index contributed by atoms with van der Waals surface area (Å²) in [4.78, 5) is 29.9. The second-order valence-corrected chi connectivity index (χ2v) is 9.47. The van der Waals surface area contributed by atoms with Gasteiger partial charge < -0.3 is 20.1 Å². The number of hydrogen-bond donors (Lipinski definition) is 2. The maximum absolute atomic E-state index is 12.8. The molecule has 2 N–H and O–H groups in total. The van der Waals surface area contributed by atoms with Crippen LogP contribution in [0.5, 0.6) is 11.5 Å². The number of nitrogens with zero attached hydrogens (tertiary/aromatic N) is 1. The first-order chi connectivity index (χ1) is 15.6. The van der Waals surface area contributed by atoms with Crippen molar-refractivity contribution in [3.05, 3.63) is 40.3 Å². The van der Waals surface area contributed by atoms with Crippen molar-refractivity contribution in [2.45, 2.75) is 70.1 Å². The van der Waals surface area contributed by atoms with Crippen LogP contribution in [0, 0.1) is 5.92 Å². The first-order valence-corrected chi connectivity index (χ1v) is 12.3. The van der Waals surface area contributed by atoms with E-state index >= 15 is 0 Å². The molecule has 8 heteroatoms. The molecule has 0 bridgehead atoms. The Hall–Kier alpha value is -2.61. The molecule has 2 aliphatic carbocycles. The maximum Gasteiger partial charge on any atom is 0.271 e. The average Bonchev–Trinajstić information content (AvgIpc) is 3.52. The molecule has 1 aromatic heterocycles. The molecule has 2 saturated carbocycles. The van der Waals surface area contributed by atoms with Gasteiger partial charge >= 0.3 is 0 Å². The molecule has 2 aromatic rings. The van der Waals surface area contributed by atoms with Crippen LogP contribution in [0.15, 0.2) is 29.6 Å². The Morgan fingerprint density at radius 3 is 2.38 bits per heavy atom. The van der Waals surface area contributed by atoms with Crippen molar-refractivity contribution in [3.8, 4) is 11.5 Å². The number of aromatic nitrogens is 1. The van der Waals surface area contributed by atoms with Gasteiger partial charge in [-0.15, -0.1) is 11.3 Å². The van der Waals surface area contributed by atoms with Crippen molar-refractivity contribution in [2.24, 2.45) is 5.92 Å². The van der Waals surface area contributed by atoms with Gasteiger partial charge in [-0.05, 0) is 37.8 Å². The third-order valence-corrected chi connectivity index (χ3v) is 7.16. The van der Waals surface area contributed by atoms with Crippen molar-refractivity contribution in [3.63, 3.8) is 0 Å². The highest BCUT2D eigenvalue weighted by Crippen LogP contribution is 2.28. The Bertz CT molecular complexity index is 925. The zero-order valence-electron chi connectivity index (χ0n) is 18.5. The van der Waals surface area contributed by atoms with E-state index in [0.29, 0.717) is 17.2 Å². The van der Waals surface area contributed by atoms with Gasteiger partial charge in [0.15, 0.2) is 11.5 Å². The van der Waals surface area contributed by atoms with Crippen LogP contribution in [-0.4, -0.2) is 36.0 Å². The smallest absolute Gasteiger partial charge is 0.271 e. The van der Waals surface area contributed by atoms with Crippen LogP contribution in [0.1, 0.15) is 66.9 Å². The van der Waals surface area contributed by atoms with E-state index in [0.717, 1.165) is 56.4 Å². The summed E-state index contributed by atoms with van der Waals surface area (Å²) in [6.07, 6.45) is 8.13. The Morgan fingerprint density at radius 1 is 1.00 bits per heavy atom. The lowest BCUT2D eigenvalue weighted by molar-refractivity contribution is -0.125. The number of benzene rings is 1. The van der Waals surface area contributed by atoms with Crippen molar-refractivity contribution in [1.29, 1.82) is 0 Å². The van der Waals surface area contributed by atoms with Crippen molar-refractivity contribution in [2.75, 3.05) is 7.11 Å². The van der Waals surface area contributed by atoms with E-state index in [-0.39, 0.29) is 36.4 Å². The average molecular weight is 458 g/mol. The van der Waals surface area contributed by atoms with Crippen LogP contribution in [0.25, 0.3) is 0 Å². The van der Waals surface area contributed by atoms with E-state index in [9.17, 15) is 9.59 Å². The molecule has 0 aliphatic heterocycles. The van der Waals surface area contributed by atoms with Crippen molar-refractivity contribution < 1.29 is 19.1 Å². The van der Waals surface area contributed by atoms with E-state index in [2.05, 4.69) is 15.6 Å². The van der Waals surface area contributed by atoms with Crippen LogP contribution in [0.4, 0.5) is 0 Å². The van der Waals surface area contributed by atoms with Gasteiger partial charge in [0.2, 0.25) is 5.91 Å². The zero-order valence-corrected chi connectivity index (χ0v) is 19.3. The zero-order chi connectivity index (χ0) is 22.3. The molecule has 32 heavy (non-hydrogen) atoms. The number of amides is 2. The highest BCUT2D eigenvalue weighted by atomic mass is 32.1. The number of para-hydroxylation sites is 2. The fraction of sp³-hybridized carbons (Fsp3) is 0.542. The minimum Gasteiger partial charge on any atom is -0.493 e. The largest absolute Gasteiger partial charge is 0.493 e. The number of hydrogen-bond acceptors (Lipinski definition) is 6. The van der Waals surface area contributed by atoms with Crippen LogP contribution in [0.2, 0.25) is 0 Å². The van der Waals surface area contributed by atoms with Gasteiger partial charge in [0, 0.05) is 23.4 Å². The number of ether oxygens (including phenoxy) is 2. The van der Waals surface area contributed by atoms with Crippen LogP contribution in [0.3, 0.4) is 0 Å². The molecule has 2 amide bonds. The molecule has 0 radical (unpaired) electrons. The predicted molar refractivity (Wildman–Crippen MR) is 123 cm³/mol. The fourth-order valence-electron chi connectivity index (χ4n) is 4.57. The molecule has 1 heterocycles. The number of carbonyl (C=O) groups excluding carboxylic acids is 2. The van der Waals surface area contributed by atoms with Crippen molar-refractivity contribution >= 4 is 23.2 Å². The number of thiazole rings is 1. The number of methoxy groups -OCH3 is 1. The van der Waals surface area contributed by atoms with E-state index in [1.807, 2.05) is 24.3 Å². The molecule has 0 spiro atoms. The summed E-state index contributed by atoms with van der Waals surface area (Å²) in [7, 11) is 1.60. The van der Waals surface area contributed by atoms with Crippen LogP contribution in [-0.2, 0) is 11.4 Å². The second kappa shape index (κ2) is 10.8. The number of rotatable bonds is 8. The molecular weight excluding hydrogens is 426 g/mol. The molecule has 0 saturated heterocycles. The Kier molecular flexibility index (Phi) is 7.63. The summed E-state index contributed by atoms with van der Waals surface area (Å²) in [5, 5.41) is 8.81.